The van der Waals surface area contributed by atoms with E-state index in [2.05, 4.69) is 4.98 Å². The van der Waals surface area contributed by atoms with E-state index >= 15 is 0 Å². The van der Waals surface area contributed by atoms with Crippen LogP contribution in [0.4, 0.5) is 0 Å². The normalized spacial score (nSPS) is 11.0. The van der Waals surface area contributed by atoms with E-state index in [0.29, 0.717) is 15.1 Å². The number of fused-ring (bicyclic) bond motifs is 1. The van der Waals surface area contributed by atoms with E-state index in [0.717, 1.165) is 27.8 Å². The molecule has 20 heavy (non-hydrogen) atoms. The molecule has 0 spiro atoms. The number of aromatic nitrogens is 1. The van der Waals surface area contributed by atoms with Crippen LogP contribution in [0.1, 0.15) is 0 Å². The Labute approximate surface area is 131 Å². The maximum atomic E-state index is 6.28. The molecule has 0 radical (unpaired) electrons. The zero-order chi connectivity index (χ0) is 14.3. The van der Waals surface area contributed by atoms with Crippen LogP contribution in [0, 0.1) is 0 Å². The fraction of sp³-hybridized carbons (Fsp3) is 0.0667. The summed E-state index contributed by atoms with van der Waals surface area (Å²) >= 11 is 18.4. The Hall–Kier alpha value is -1.35. The Morgan fingerprint density at radius 2 is 1.85 bits per heavy atom. The maximum Gasteiger partial charge on any atom is 0.128 e. The Kier molecular flexibility index (Phi) is 3.55. The monoisotopic (exact) mass is 325 g/mol. The molecule has 102 valence electrons. The molecule has 0 saturated heterocycles. The largest absolute Gasteiger partial charge is 0.496 e. The molecule has 0 aliphatic rings. The van der Waals surface area contributed by atoms with E-state index in [1.165, 1.54) is 0 Å². The molecule has 1 aromatic heterocycles. The van der Waals surface area contributed by atoms with Crippen molar-refractivity contribution in [2.24, 2.45) is 0 Å². The number of nitrogens with one attached hydrogen (secondary N) is 1. The fourth-order valence-corrected chi connectivity index (χ4v) is 2.93. The smallest absolute Gasteiger partial charge is 0.128 e. The predicted molar refractivity (Wildman–Crippen MR) is 85.3 cm³/mol. The van der Waals surface area contributed by atoms with Crippen LogP contribution in [0.5, 0.6) is 5.75 Å². The Morgan fingerprint density at radius 1 is 1.05 bits per heavy atom. The van der Waals surface area contributed by atoms with E-state index in [4.69, 9.17) is 39.5 Å². The summed E-state index contributed by atoms with van der Waals surface area (Å²) in [5, 5.41) is 2.46. The van der Waals surface area contributed by atoms with Crippen LogP contribution in [-0.2, 0) is 0 Å². The van der Waals surface area contributed by atoms with Gasteiger partial charge in [-0.05, 0) is 35.9 Å². The second-order valence-corrected chi connectivity index (χ2v) is 5.59. The standard InChI is InChI=1S/C15H10Cl3NO/c1-20-14-5-8(4-13-10(14)2-3-19-13)11-6-9(16)7-12(17)15(11)18/h2-7,19H,1H3. The second-order valence-electron chi connectivity index (χ2n) is 4.37. The second kappa shape index (κ2) is 5.21. The number of benzene rings is 2. The van der Waals surface area contributed by atoms with Gasteiger partial charge in [-0.25, -0.2) is 0 Å². The van der Waals surface area contributed by atoms with Crippen molar-refractivity contribution >= 4 is 45.7 Å². The number of ether oxygens (including phenoxy) is 1. The predicted octanol–water partition coefficient (Wildman–Crippen LogP) is 5.80. The lowest BCUT2D eigenvalue weighted by molar-refractivity contribution is 0.420. The number of methoxy groups -OCH3 is 1. The number of H-pyrrole nitrogens is 1. The first-order valence-electron chi connectivity index (χ1n) is 5.90. The highest BCUT2D eigenvalue weighted by atomic mass is 35.5. The molecule has 5 heteroatoms. The summed E-state index contributed by atoms with van der Waals surface area (Å²) in [6, 6.07) is 9.29. The van der Waals surface area contributed by atoms with Crippen LogP contribution >= 0.6 is 34.8 Å². The molecule has 2 nitrogen and oxygen atoms in total. The number of halogens is 3. The molecular weight excluding hydrogens is 317 g/mol. The summed E-state index contributed by atoms with van der Waals surface area (Å²) in [6.07, 6.45) is 1.86. The van der Waals surface area contributed by atoms with Gasteiger partial charge in [0, 0.05) is 27.7 Å². The van der Waals surface area contributed by atoms with Crippen molar-refractivity contribution in [2.75, 3.05) is 7.11 Å². The lowest BCUT2D eigenvalue weighted by Crippen LogP contribution is -1.87. The minimum absolute atomic E-state index is 0.430. The first-order valence-corrected chi connectivity index (χ1v) is 7.03. The highest BCUT2D eigenvalue weighted by Gasteiger charge is 2.12. The van der Waals surface area contributed by atoms with Gasteiger partial charge < -0.3 is 9.72 Å². The number of aromatic amines is 1. The molecule has 0 aliphatic carbocycles. The number of rotatable bonds is 2. The number of hydrogen-bond donors (Lipinski definition) is 1. The summed E-state index contributed by atoms with van der Waals surface area (Å²) in [7, 11) is 1.64. The van der Waals surface area contributed by atoms with Gasteiger partial charge in [0.25, 0.3) is 0 Å². The van der Waals surface area contributed by atoms with Crippen LogP contribution < -0.4 is 4.74 Å². The van der Waals surface area contributed by atoms with E-state index < -0.39 is 0 Å². The van der Waals surface area contributed by atoms with Crippen LogP contribution in [0.15, 0.2) is 36.5 Å². The van der Waals surface area contributed by atoms with Crippen LogP contribution in [0.2, 0.25) is 15.1 Å². The third-order valence-electron chi connectivity index (χ3n) is 3.15. The summed E-state index contributed by atoms with van der Waals surface area (Å²) < 4.78 is 5.42. The quantitative estimate of drug-likeness (QED) is 0.591. The van der Waals surface area contributed by atoms with Gasteiger partial charge >= 0.3 is 0 Å². The lowest BCUT2D eigenvalue weighted by Gasteiger charge is -2.10. The van der Waals surface area contributed by atoms with Gasteiger partial charge in [-0.3, -0.25) is 0 Å². The average Bonchev–Trinajstić information content (AvgIpc) is 2.89. The number of hydrogen-bond acceptors (Lipinski definition) is 1. The molecule has 1 heterocycles. The zero-order valence-corrected chi connectivity index (χ0v) is 12.8. The molecule has 0 amide bonds. The Bertz CT molecular complexity index is 795. The van der Waals surface area contributed by atoms with Crippen molar-refractivity contribution in [2.45, 2.75) is 0 Å². The first-order chi connectivity index (χ1) is 9.60. The Morgan fingerprint density at radius 3 is 2.60 bits per heavy atom. The third kappa shape index (κ3) is 2.24. The molecule has 3 rings (SSSR count). The van der Waals surface area contributed by atoms with Gasteiger partial charge in [0.2, 0.25) is 0 Å². The molecule has 3 aromatic rings. The van der Waals surface area contributed by atoms with Crippen LogP contribution in [0.25, 0.3) is 22.0 Å². The molecule has 0 fully saturated rings. The zero-order valence-electron chi connectivity index (χ0n) is 10.5. The van der Waals surface area contributed by atoms with Crippen molar-refractivity contribution in [3.63, 3.8) is 0 Å². The molecule has 0 saturated carbocycles. The van der Waals surface area contributed by atoms with Crippen molar-refractivity contribution < 1.29 is 4.74 Å². The molecular formula is C15H10Cl3NO. The highest BCUT2D eigenvalue weighted by Crippen LogP contribution is 2.39. The van der Waals surface area contributed by atoms with Gasteiger partial charge in [-0.2, -0.15) is 0 Å². The third-order valence-corrected chi connectivity index (χ3v) is 4.18. The van der Waals surface area contributed by atoms with E-state index in [1.807, 2.05) is 24.4 Å². The molecule has 0 aliphatic heterocycles. The molecule has 0 unspecified atom stereocenters. The van der Waals surface area contributed by atoms with Crippen molar-refractivity contribution in [3.8, 4) is 16.9 Å². The van der Waals surface area contributed by atoms with Gasteiger partial charge in [-0.15, -0.1) is 0 Å². The molecule has 0 atom stereocenters. The van der Waals surface area contributed by atoms with Crippen molar-refractivity contribution in [3.05, 3.63) is 51.6 Å². The van der Waals surface area contributed by atoms with Gasteiger partial charge in [0.15, 0.2) is 0 Å². The van der Waals surface area contributed by atoms with Gasteiger partial charge in [0.1, 0.15) is 5.75 Å². The summed E-state index contributed by atoms with van der Waals surface area (Å²) in [5.74, 6) is 0.769. The molecule has 0 bridgehead atoms. The fourth-order valence-electron chi connectivity index (χ4n) is 2.22. The topological polar surface area (TPSA) is 25.0 Å². The van der Waals surface area contributed by atoms with E-state index in [9.17, 15) is 0 Å². The van der Waals surface area contributed by atoms with E-state index in [1.54, 1.807) is 19.2 Å². The molecule has 2 aromatic carbocycles. The van der Waals surface area contributed by atoms with Crippen LogP contribution in [-0.4, -0.2) is 12.1 Å². The van der Waals surface area contributed by atoms with Gasteiger partial charge in [0.05, 0.1) is 17.2 Å². The summed E-state index contributed by atoms with van der Waals surface area (Å²) in [6.45, 7) is 0. The van der Waals surface area contributed by atoms with Gasteiger partial charge in [-0.1, -0.05) is 34.8 Å². The van der Waals surface area contributed by atoms with E-state index in [-0.39, 0.29) is 0 Å². The summed E-state index contributed by atoms with van der Waals surface area (Å²) in [5.41, 5.74) is 2.64. The Balaban J connectivity index is 2.29. The lowest BCUT2D eigenvalue weighted by atomic mass is 10.0. The minimum atomic E-state index is 0.430. The molecule has 1 N–H and O–H groups in total. The summed E-state index contributed by atoms with van der Waals surface area (Å²) in [4.78, 5) is 3.16. The maximum absolute atomic E-state index is 6.28. The first kappa shape index (κ1) is 13.6. The minimum Gasteiger partial charge on any atom is -0.496 e. The highest BCUT2D eigenvalue weighted by molar-refractivity contribution is 6.45. The SMILES string of the molecule is COc1cc(-c2cc(Cl)cc(Cl)c2Cl)cc2[nH]ccc12. The van der Waals surface area contributed by atoms with Crippen molar-refractivity contribution in [1.29, 1.82) is 0 Å². The van der Waals surface area contributed by atoms with Crippen molar-refractivity contribution in [1.82, 2.24) is 4.98 Å². The average molecular weight is 327 g/mol. The van der Waals surface area contributed by atoms with Crippen LogP contribution in [0.3, 0.4) is 0 Å².